The van der Waals surface area contributed by atoms with E-state index in [4.69, 9.17) is 5.41 Å². The van der Waals surface area contributed by atoms with Gasteiger partial charge in [0, 0.05) is 0 Å². The van der Waals surface area contributed by atoms with Gasteiger partial charge in [-0.3, -0.25) is 15.0 Å². The van der Waals surface area contributed by atoms with Gasteiger partial charge in [0.05, 0.1) is 11.1 Å². The van der Waals surface area contributed by atoms with Crippen molar-refractivity contribution in [2.75, 3.05) is 0 Å². The molecule has 0 amide bonds. The number of rotatable bonds is 0. The van der Waals surface area contributed by atoms with Gasteiger partial charge >= 0.3 is 0 Å². The third-order valence-corrected chi connectivity index (χ3v) is 2.47. The highest BCUT2D eigenvalue weighted by Crippen LogP contribution is 2.30. The average molecular weight is 263 g/mol. The van der Waals surface area contributed by atoms with Crippen molar-refractivity contribution in [2.45, 2.75) is 6.17 Å². The van der Waals surface area contributed by atoms with E-state index < -0.39 is 57.8 Å². The van der Waals surface area contributed by atoms with Crippen molar-refractivity contribution in [1.29, 1.82) is 5.41 Å². The highest BCUT2D eigenvalue weighted by atomic mass is 19.2. The van der Waals surface area contributed by atoms with E-state index >= 15 is 0 Å². The first-order valence-corrected chi connectivity index (χ1v) is 4.46. The van der Waals surface area contributed by atoms with Crippen molar-refractivity contribution in [3.63, 3.8) is 0 Å². The van der Waals surface area contributed by atoms with Gasteiger partial charge in [0.2, 0.25) is 17.7 Å². The molecule has 0 heterocycles. The molecule has 0 bridgehead atoms. The maximum atomic E-state index is 13.3. The van der Waals surface area contributed by atoms with Crippen LogP contribution in [0.2, 0.25) is 0 Å². The van der Waals surface area contributed by atoms with Crippen LogP contribution in [0.25, 0.3) is 0 Å². The summed E-state index contributed by atoms with van der Waals surface area (Å²) in [4.78, 5) is 22.5. The molecule has 1 aromatic carbocycles. The molecular weight excluding hydrogens is 261 g/mol. The predicted octanol–water partition coefficient (Wildman–Crippen LogP) is 1.98. The number of ketones is 2. The minimum absolute atomic E-state index is 1.45. The number of carbonyl (C=O) groups is 2. The molecule has 0 saturated carbocycles. The van der Waals surface area contributed by atoms with Crippen LogP contribution in [-0.4, -0.2) is 23.4 Å². The SMILES string of the molecule is N=C1C(=O)c2c(F)c(F)c(F)c(F)c2C(=O)C1F. The molecule has 94 valence electrons. The highest BCUT2D eigenvalue weighted by Gasteiger charge is 2.44. The number of halogens is 5. The smallest absolute Gasteiger partial charge is 0.213 e. The molecule has 2 rings (SSSR count). The van der Waals surface area contributed by atoms with E-state index in [1.54, 1.807) is 0 Å². The molecule has 0 aliphatic heterocycles. The molecule has 1 aliphatic rings. The van der Waals surface area contributed by atoms with Crippen LogP contribution in [0.5, 0.6) is 0 Å². The zero-order valence-electron chi connectivity index (χ0n) is 8.28. The van der Waals surface area contributed by atoms with Crippen molar-refractivity contribution in [1.82, 2.24) is 0 Å². The van der Waals surface area contributed by atoms with Gasteiger partial charge in [-0.05, 0) is 0 Å². The number of fused-ring (bicyclic) bond motifs is 1. The molecule has 18 heavy (non-hydrogen) atoms. The first-order chi connectivity index (χ1) is 8.29. The van der Waals surface area contributed by atoms with Gasteiger partial charge in [-0.25, -0.2) is 22.0 Å². The van der Waals surface area contributed by atoms with E-state index in [-0.39, 0.29) is 0 Å². The average Bonchev–Trinajstić information content (AvgIpc) is 2.35. The second kappa shape index (κ2) is 3.69. The monoisotopic (exact) mass is 263 g/mol. The summed E-state index contributed by atoms with van der Waals surface area (Å²) in [6.45, 7) is 0. The van der Waals surface area contributed by atoms with Gasteiger partial charge in [-0.2, -0.15) is 0 Å². The molecule has 0 radical (unpaired) electrons. The number of carbonyl (C=O) groups excluding carboxylic acids is 2. The van der Waals surface area contributed by atoms with Gasteiger partial charge in [0.1, 0.15) is 5.71 Å². The maximum Gasteiger partial charge on any atom is 0.213 e. The van der Waals surface area contributed by atoms with Crippen molar-refractivity contribution in [3.05, 3.63) is 34.4 Å². The Morgan fingerprint density at radius 2 is 1.28 bits per heavy atom. The molecule has 3 nitrogen and oxygen atoms in total. The zero-order valence-corrected chi connectivity index (χ0v) is 8.28. The molecule has 1 N–H and O–H groups in total. The third kappa shape index (κ3) is 1.31. The van der Waals surface area contributed by atoms with Crippen LogP contribution in [0.15, 0.2) is 0 Å². The Labute approximate surface area is 95.7 Å². The zero-order chi connectivity index (χ0) is 13.8. The van der Waals surface area contributed by atoms with Crippen LogP contribution >= 0.6 is 0 Å². The third-order valence-electron chi connectivity index (χ3n) is 2.47. The standard InChI is InChI=1S/C10H2F5NO2/c11-3-1-2(4(12)6(14)5(3)13)10(18)8(16)7(15)9(1)17/h7,16H. The van der Waals surface area contributed by atoms with Gasteiger partial charge in [0.25, 0.3) is 0 Å². The second-order valence-electron chi connectivity index (χ2n) is 3.48. The summed E-state index contributed by atoms with van der Waals surface area (Å²) in [7, 11) is 0. The van der Waals surface area contributed by atoms with Crippen LogP contribution < -0.4 is 0 Å². The van der Waals surface area contributed by atoms with Crippen LogP contribution in [0.3, 0.4) is 0 Å². The van der Waals surface area contributed by atoms with E-state index in [1.165, 1.54) is 0 Å². The number of Topliss-reactive ketones (excluding diaryl/α,β-unsaturated/α-hetero) is 2. The Hall–Kier alpha value is -2.12. The second-order valence-corrected chi connectivity index (χ2v) is 3.48. The molecule has 1 aliphatic carbocycles. The van der Waals surface area contributed by atoms with Crippen LogP contribution in [0.4, 0.5) is 22.0 Å². The predicted molar refractivity (Wildman–Crippen MR) is 47.6 cm³/mol. The number of nitrogens with one attached hydrogen (secondary N) is 1. The normalized spacial score (nSPS) is 19.2. The van der Waals surface area contributed by atoms with Crippen LogP contribution in [0, 0.1) is 28.7 Å². The summed E-state index contributed by atoms with van der Waals surface area (Å²) in [5.74, 6) is -12.3. The quantitative estimate of drug-likeness (QED) is 0.442. The lowest BCUT2D eigenvalue weighted by molar-refractivity contribution is 0.0882. The van der Waals surface area contributed by atoms with E-state index in [0.717, 1.165) is 0 Å². The van der Waals surface area contributed by atoms with Gasteiger partial charge in [-0.15, -0.1) is 0 Å². The lowest BCUT2D eigenvalue weighted by Crippen LogP contribution is -2.40. The van der Waals surface area contributed by atoms with E-state index in [0.29, 0.717) is 0 Å². The largest absolute Gasteiger partial charge is 0.298 e. The number of benzene rings is 1. The van der Waals surface area contributed by atoms with Gasteiger partial charge < -0.3 is 0 Å². The molecule has 0 saturated heterocycles. The topological polar surface area (TPSA) is 58.0 Å². The maximum absolute atomic E-state index is 13.3. The lowest BCUT2D eigenvalue weighted by atomic mass is 9.86. The van der Waals surface area contributed by atoms with Crippen molar-refractivity contribution < 1.29 is 31.5 Å². The minimum Gasteiger partial charge on any atom is -0.298 e. The van der Waals surface area contributed by atoms with Crippen LogP contribution in [-0.2, 0) is 0 Å². The molecule has 0 spiro atoms. The number of hydrogen-bond donors (Lipinski definition) is 1. The Bertz CT molecular complexity index is 625. The Kier molecular flexibility index (Phi) is 2.53. The van der Waals surface area contributed by atoms with Crippen molar-refractivity contribution in [3.8, 4) is 0 Å². The Balaban J connectivity index is 2.94. The van der Waals surface area contributed by atoms with E-state index in [1.807, 2.05) is 0 Å². The molecule has 0 aromatic heterocycles. The van der Waals surface area contributed by atoms with Gasteiger partial charge in [-0.1, -0.05) is 0 Å². The summed E-state index contributed by atoms with van der Waals surface area (Å²) < 4.78 is 65.4. The van der Waals surface area contributed by atoms with Crippen molar-refractivity contribution >= 4 is 17.3 Å². The molecule has 0 fully saturated rings. The molecule has 1 unspecified atom stereocenters. The lowest BCUT2D eigenvalue weighted by Gasteiger charge is -2.19. The number of alkyl halides is 1. The fourth-order valence-corrected chi connectivity index (χ4v) is 1.58. The fourth-order valence-electron chi connectivity index (χ4n) is 1.58. The molecular formula is C10H2F5NO2. The summed E-state index contributed by atoms with van der Waals surface area (Å²) in [5, 5.41) is 6.90. The minimum atomic E-state index is -2.82. The fraction of sp³-hybridized carbons (Fsp3) is 0.100. The van der Waals surface area contributed by atoms with Crippen LogP contribution in [0.1, 0.15) is 20.7 Å². The summed E-state index contributed by atoms with van der Waals surface area (Å²) in [6, 6.07) is 0. The molecule has 8 heteroatoms. The first kappa shape index (κ1) is 12.3. The van der Waals surface area contributed by atoms with Crippen molar-refractivity contribution in [2.24, 2.45) is 0 Å². The van der Waals surface area contributed by atoms with E-state index in [2.05, 4.69) is 0 Å². The summed E-state index contributed by atoms with van der Waals surface area (Å²) >= 11 is 0. The Morgan fingerprint density at radius 1 is 0.833 bits per heavy atom. The Morgan fingerprint density at radius 3 is 1.78 bits per heavy atom. The summed E-state index contributed by atoms with van der Waals surface area (Å²) in [5.41, 5.74) is -4.40. The number of hydrogen-bond acceptors (Lipinski definition) is 3. The van der Waals surface area contributed by atoms with Gasteiger partial charge in [0.15, 0.2) is 23.3 Å². The van der Waals surface area contributed by atoms with E-state index in [9.17, 15) is 31.5 Å². The molecule has 1 atom stereocenters. The molecule has 1 aromatic rings. The first-order valence-electron chi connectivity index (χ1n) is 4.46. The summed E-state index contributed by atoms with van der Waals surface area (Å²) in [6.07, 6.45) is -2.82. The highest BCUT2D eigenvalue weighted by molar-refractivity contribution is 6.54.